The number of methoxy groups -OCH3 is 1. The number of likely N-dealkylation sites (tertiary alicyclic amines) is 1. The van der Waals surface area contributed by atoms with Crippen LogP contribution < -0.4 is 5.43 Å². The number of hydrogen-bond acceptors (Lipinski definition) is 7. The first kappa shape index (κ1) is 21.2. The second-order valence-electron chi connectivity index (χ2n) is 7.40. The summed E-state index contributed by atoms with van der Waals surface area (Å²) in [7, 11) is 1.36. The molecule has 2 aliphatic rings. The van der Waals surface area contributed by atoms with Crippen molar-refractivity contribution in [3.63, 3.8) is 0 Å². The van der Waals surface area contributed by atoms with Crippen LogP contribution in [0.1, 0.15) is 24.0 Å². The number of hydrogen-bond donors (Lipinski definition) is 1. The topological polar surface area (TPSA) is 78.6 Å². The number of amidine groups is 1. The van der Waals surface area contributed by atoms with Gasteiger partial charge in [-0.15, -0.1) is 0 Å². The smallest absolute Gasteiger partial charge is 0.355 e. The maximum absolute atomic E-state index is 12.2. The summed E-state index contributed by atoms with van der Waals surface area (Å²) in [6.45, 7) is 2.64. The van der Waals surface area contributed by atoms with Crippen molar-refractivity contribution < 1.29 is 9.53 Å². The number of ether oxygens (including phenoxy) is 1. The van der Waals surface area contributed by atoms with Crippen LogP contribution in [0, 0.1) is 0 Å². The molecule has 31 heavy (non-hydrogen) atoms. The number of nitrogens with one attached hydrogen (secondary N) is 1. The lowest BCUT2D eigenvalue weighted by atomic mass is 10.0. The number of aliphatic imine (C=N–C) groups is 2. The molecule has 8 heteroatoms. The van der Waals surface area contributed by atoms with Crippen molar-refractivity contribution in [1.82, 2.24) is 10.3 Å². The van der Waals surface area contributed by atoms with Crippen molar-refractivity contribution in [3.8, 4) is 0 Å². The van der Waals surface area contributed by atoms with E-state index in [4.69, 9.17) is 26.3 Å². The van der Waals surface area contributed by atoms with Crippen LogP contribution in [-0.2, 0) is 9.53 Å². The zero-order chi connectivity index (χ0) is 21.6. The van der Waals surface area contributed by atoms with Crippen LogP contribution in [0.15, 0.2) is 63.6 Å². The van der Waals surface area contributed by atoms with Gasteiger partial charge in [-0.25, -0.2) is 9.79 Å². The minimum Gasteiger partial charge on any atom is -0.464 e. The molecule has 2 aromatic rings. The Kier molecular flexibility index (Phi) is 6.74. The molecule has 2 heterocycles. The van der Waals surface area contributed by atoms with Crippen molar-refractivity contribution >= 4 is 40.5 Å². The molecular formula is C23H24ClN5O2. The third-order valence-corrected chi connectivity index (χ3v) is 5.45. The minimum atomic E-state index is -0.450. The van der Waals surface area contributed by atoms with Crippen molar-refractivity contribution in [2.75, 3.05) is 33.3 Å². The maximum atomic E-state index is 12.2. The first-order valence-electron chi connectivity index (χ1n) is 10.2. The molecule has 0 atom stereocenters. The molecule has 1 N–H and O–H groups in total. The molecule has 0 bridgehead atoms. The minimum absolute atomic E-state index is 0.290. The molecule has 160 valence electrons. The van der Waals surface area contributed by atoms with Gasteiger partial charge in [0.05, 0.1) is 25.1 Å². The Labute approximate surface area is 186 Å². The van der Waals surface area contributed by atoms with Gasteiger partial charge >= 0.3 is 5.97 Å². The fourth-order valence-corrected chi connectivity index (χ4v) is 3.84. The van der Waals surface area contributed by atoms with Crippen LogP contribution in [0.2, 0.25) is 5.02 Å². The standard InChI is InChI=1S/C23H24ClN5O2/c1-31-23(30)20(15-29-11-5-6-12-29)27-28-21-14-25-22(16-7-3-2-4-8-16)18-13-17(24)9-10-19(18)26-21/h2-4,7-10,13H,5-6,11-12,14-15H2,1H3,(H,26,28). The van der Waals surface area contributed by atoms with Crippen LogP contribution in [-0.4, -0.2) is 61.4 Å². The van der Waals surface area contributed by atoms with E-state index in [1.165, 1.54) is 7.11 Å². The highest BCUT2D eigenvalue weighted by molar-refractivity contribution is 6.37. The Morgan fingerprint density at radius 1 is 1.19 bits per heavy atom. The highest BCUT2D eigenvalue weighted by Crippen LogP contribution is 2.28. The lowest BCUT2D eigenvalue weighted by Crippen LogP contribution is -2.35. The van der Waals surface area contributed by atoms with E-state index in [9.17, 15) is 4.79 Å². The van der Waals surface area contributed by atoms with Crippen LogP contribution >= 0.6 is 11.6 Å². The summed E-state index contributed by atoms with van der Waals surface area (Å²) in [6.07, 6.45) is 2.26. The first-order valence-corrected chi connectivity index (χ1v) is 10.6. The number of rotatable bonds is 5. The molecule has 0 saturated carbocycles. The second-order valence-corrected chi connectivity index (χ2v) is 7.83. The van der Waals surface area contributed by atoms with E-state index in [-0.39, 0.29) is 6.54 Å². The van der Waals surface area contributed by atoms with E-state index >= 15 is 0 Å². The highest BCUT2D eigenvalue weighted by Gasteiger charge is 2.21. The Hall–Kier alpha value is -3.03. The maximum Gasteiger partial charge on any atom is 0.355 e. The lowest BCUT2D eigenvalue weighted by molar-refractivity contribution is -0.132. The molecule has 0 unspecified atom stereocenters. The van der Waals surface area contributed by atoms with Gasteiger partial charge in [-0.1, -0.05) is 41.9 Å². The van der Waals surface area contributed by atoms with Crippen molar-refractivity contribution in [3.05, 3.63) is 64.7 Å². The lowest BCUT2D eigenvalue weighted by Gasteiger charge is -2.15. The molecular weight excluding hydrogens is 414 g/mol. The largest absolute Gasteiger partial charge is 0.464 e. The van der Waals surface area contributed by atoms with Gasteiger partial charge in [0, 0.05) is 22.7 Å². The van der Waals surface area contributed by atoms with Gasteiger partial charge in [-0.2, -0.15) is 5.10 Å². The van der Waals surface area contributed by atoms with Crippen LogP contribution in [0.25, 0.3) is 0 Å². The predicted molar refractivity (Wildman–Crippen MR) is 124 cm³/mol. The molecule has 4 rings (SSSR count). The Morgan fingerprint density at radius 2 is 1.97 bits per heavy atom. The SMILES string of the molecule is COC(=O)C(CN1CCCC1)=NNC1=Nc2ccc(Cl)cc2C(c2ccccc2)=NC1. The normalized spacial score (nSPS) is 16.8. The molecule has 2 aliphatic heterocycles. The van der Waals surface area contributed by atoms with Crippen LogP contribution in [0.3, 0.4) is 0 Å². The molecule has 0 aromatic heterocycles. The summed E-state index contributed by atoms with van der Waals surface area (Å²) >= 11 is 6.26. The number of halogens is 1. The van der Waals surface area contributed by atoms with E-state index < -0.39 is 5.97 Å². The van der Waals surface area contributed by atoms with Gasteiger partial charge in [0.25, 0.3) is 0 Å². The van der Waals surface area contributed by atoms with E-state index in [0.29, 0.717) is 23.1 Å². The van der Waals surface area contributed by atoms with Gasteiger partial charge in [-0.05, 0) is 44.1 Å². The molecule has 0 amide bonds. The van der Waals surface area contributed by atoms with Gasteiger partial charge in [0.1, 0.15) is 5.84 Å². The van der Waals surface area contributed by atoms with Gasteiger partial charge in [0.15, 0.2) is 5.71 Å². The summed E-state index contributed by atoms with van der Waals surface area (Å²) in [6, 6.07) is 15.4. The predicted octanol–water partition coefficient (Wildman–Crippen LogP) is 3.44. The summed E-state index contributed by atoms with van der Waals surface area (Å²) in [5.41, 5.74) is 6.65. The molecule has 1 saturated heterocycles. The number of esters is 1. The average molecular weight is 438 g/mol. The number of fused-ring (bicyclic) bond motifs is 1. The zero-order valence-corrected chi connectivity index (χ0v) is 18.1. The fourth-order valence-electron chi connectivity index (χ4n) is 3.67. The first-order chi connectivity index (χ1) is 15.1. The van der Waals surface area contributed by atoms with E-state index in [1.807, 2.05) is 42.5 Å². The monoisotopic (exact) mass is 437 g/mol. The Bertz CT molecular complexity index is 1040. The molecule has 1 fully saturated rings. The molecule has 2 aromatic carbocycles. The van der Waals surface area contributed by atoms with Crippen LogP contribution in [0.4, 0.5) is 5.69 Å². The quantitative estimate of drug-likeness (QED) is 0.441. The number of carbonyl (C=O) groups excluding carboxylic acids is 1. The Balaban J connectivity index is 1.63. The summed E-state index contributed by atoms with van der Waals surface area (Å²) in [4.78, 5) is 23.9. The fraction of sp³-hybridized carbons (Fsp3) is 0.304. The van der Waals surface area contributed by atoms with E-state index in [2.05, 4.69) is 15.4 Å². The van der Waals surface area contributed by atoms with Crippen molar-refractivity contribution in [2.45, 2.75) is 12.8 Å². The number of hydrazone groups is 1. The van der Waals surface area contributed by atoms with Gasteiger partial charge < -0.3 is 4.74 Å². The van der Waals surface area contributed by atoms with Gasteiger partial charge in [-0.3, -0.25) is 15.3 Å². The second kappa shape index (κ2) is 9.85. The summed E-state index contributed by atoms with van der Waals surface area (Å²) in [5.74, 6) is 0.0895. The van der Waals surface area contributed by atoms with E-state index in [1.54, 1.807) is 6.07 Å². The third-order valence-electron chi connectivity index (χ3n) is 5.22. The van der Waals surface area contributed by atoms with Crippen LogP contribution in [0.5, 0.6) is 0 Å². The molecule has 0 spiro atoms. The summed E-state index contributed by atoms with van der Waals surface area (Å²) in [5, 5.41) is 4.95. The molecule has 0 radical (unpaired) electrons. The average Bonchev–Trinajstić information content (AvgIpc) is 3.24. The Morgan fingerprint density at radius 3 is 2.71 bits per heavy atom. The zero-order valence-electron chi connectivity index (χ0n) is 17.3. The third kappa shape index (κ3) is 5.18. The summed E-state index contributed by atoms with van der Waals surface area (Å²) < 4.78 is 4.91. The number of benzene rings is 2. The number of nitrogens with zero attached hydrogens (tertiary/aromatic N) is 4. The van der Waals surface area contributed by atoms with Crippen molar-refractivity contribution in [1.29, 1.82) is 0 Å². The van der Waals surface area contributed by atoms with Crippen molar-refractivity contribution in [2.24, 2.45) is 15.1 Å². The highest BCUT2D eigenvalue weighted by atomic mass is 35.5. The van der Waals surface area contributed by atoms with E-state index in [0.717, 1.165) is 48.5 Å². The number of carbonyl (C=O) groups is 1. The van der Waals surface area contributed by atoms with Gasteiger partial charge in [0.2, 0.25) is 0 Å². The molecule has 7 nitrogen and oxygen atoms in total. The molecule has 0 aliphatic carbocycles.